The number of hydrogen-bond donors (Lipinski definition) is 1. The summed E-state index contributed by atoms with van der Waals surface area (Å²) in [5.41, 5.74) is 0. The minimum atomic E-state index is -0.895. The fraction of sp³-hybridized carbons (Fsp3) is 0.909. The van der Waals surface area contributed by atoms with Gasteiger partial charge in [0.25, 0.3) is 0 Å². The maximum atomic E-state index is 10.7. The zero-order valence-corrected chi connectivity index (χ0v) is 9.62. The second-order valence-corrected chi connectivity index (χ2v) is 5.44. The smallest absolute Gasteiger partial charge is 0.322 e. The Morgan fingerprint density at radius 3 is 2.07 bits per heavy atom. The SMILES string of the molecule is O=C(O)C(Cl)CN(CC1CC1)CC1CC1. The number of aliphatic carboxylic acids is 1. The molecule has 0 bridgehead atoms. The molecule has 3 nitrogen and oxygen atoms in total. The van der Waals surface area contributed by atoms with Crippen molar-refractivity contribution in [2.45, 2.75) is 31.1 Å². The normalized spacial score (nSPS) is 23.1. The van der Waals surface area contributed by atoms with Crippen LogP contribution in [0.3, 0.4) is 0 Å². The minimum Gasteiger partial charge on any atom is -0.480 e. The molecular formula is C11H18ClNO2. The van der Waals surface area contributed by atoms with Crippen molar-refractivity contribution in [3.8, 4) is 0 Å². The topological polar surface area (TPSA) is 40.5 Å². The number of nitrogens with zero attached hydrogens (tertiary/aromatic N) is 1. The van der Waals surface area contributed by atoms with Crippen LogP contribution < -0.4 is 0 Å². The highest BCUT2D eigenvalue weighted by molar-refractivity contribution is 6.29. The Bertz CT molecular complexity index is 225. The van der Waals surface area contributed by atoms with Gasteiger partial charge in [-0.05, 0) is 37.5 Å². The van der Waals surface area contributed by atoms with Gasteiger partial charge in [-0.25, -0.2) is 0 Å². The van der Waals surface area contributed by atoms with E-state index >= 15 is 0 Å². The quantitative estimate of drug-likeness (QED) is 0.680. The molecule has 0 heterocycles. The van der Waals surface area contributed by atoms with Gasteiger partial charge in [0.15, 0.2) is 0 Å². The Morgan fingerprint density at radius 2 is 1.73 bits per heavy atom. The maximum Gasteiger partial charge on any atom is 0.322 e. The lowest BCUT2D eigenvalue weighted by Crippen LogP contribution is -2.36. The number of alkyl halides is 1. The van der Waals surface area contributed by atoms with E-state index in [0.29, 0.717) is 6.54 Å². The van der Waals surface area contributed by atoms with Crippen molar-refractivity contribution in [2.24, 2.45) is 11.8 Å². The van der Waals surface area contributed by atoms with Crippen molar-refractivity contribution >= 4 is 17.6 Å². The lowest BCUT2D eigenvalue weighted by molar-refractivity contribution is -0.137. The molecule has 0 radical (unpaired) electrons. The third-order valence-corrected chi connectivity index (χ3v) is 3.44. The van der Waals surface area contributed by atoms with E-state index in [0.717, 1.165) is 24.9 Å². The molecule has 2 aliphatic carbocycles. The van der Waals surface area contributed by atoms with Crippen LogP contribution in [0.25, 0.3) is 0 Å². The van der Waals surface area contributed by atoms with Crippen LogP contribution in [0.15, 0.2) is 0 Å². The lowest BCUT2D eigenvalue weighted by atomic mass is 10.3. The average Bonchev–Trinajstić information content (AvgIpc) is 2.98. The summed E-state index contributed by atoms with van der Waals surface area (Å²) in [4.78, 5) is 12.9. The fourth-order valence-corrected chi connectivity index (χ4v) is 2.05. The molecule has 0 aromatic carbocycles. The predicted molar refractivity (Wildman–Crippen MR) is 59.2 cm³/mol. The zero-order valence-electron chi connectivity index (χ0n) is 8.86. The number of carboxylic acid groups (broad SMARTS) is 1. The van der Waals surface area contributed by atoms with Crippen LogP contribution in [0.2, 0.25) is 0 Å². The second kappa shape index (κ2) is 4.71. The van der Waals surface area contributed by atoms with Crippen molar-refractivity contribution in [3.05, 3.63) is 0 Å². The molecule has 2 rings (SSSR count). The van der Waals surface area contributed by atoms with E-state index in [4.69, 9.17) is 16.7 Å². The number of rotatable bonds is 7. The number of halogens is 1. The highest BCUT2D eigenvalue weighted by Crippen LogP contribution is 2.33. The highest BCUT2D eigenvalue weighted by Gasteiger charge is 2.30. The number of carbonyl (C=O) groups is 1. The molecule has 0 spiro atoms. The van der Waals surface area contributed by atoms with E-state index in [9.17, 15) is 4.79 Å². The first kappa shape index (κ1) is 11.2. The second-order valence-electron chi connectivity index (χ2n) is 4.91. The van der Waals surface area contributed by atoms with Gasteiger partial charge in [-0.1, -0.05) is 0 Å². The minimum absolute atomic E-state index is 0.504. The molecule has 0 saturated heterocycles. The van der Waals surface area contributed by atoms with Gasteiger partial charge in [0.1, 0.15) is 5.38 Å². The van der Waals surface area contributed by atoms with Gasteiger partial charge in [0.2, 0.25) is 0 Å². The molecule has 2 saturated carbocycles. The predicted octanol–water partition coefficient (Wildman–Crippen LogP) is 1.80. The molecule has 1 N–H and O–H groups in total. The Morgan fingerprint density at radius 1 is 1.27 bits per heavy atom. The molecule has 15 heavy (non-hydrogen) atoms. The fourth-order valence-electron chi connectivity index (χ4n) is 1.86. The summed E-state index contributed by atoms with van der Waals surface area (Å²) in [6.07, 6.45) is 5.23. The van der Waals surface area contributed by atoms with Crippen LogP contribution in [0.5, 0.6) is 0 Å². The molecule has 1 atom stereocenters. The van der Waals surface area contributed by atoms with Gasteiger partial charge >= 0.3 is 5.97 Å². The largest absolute Gasteiger partial charge is 0.480 e. The van der Waals surface area contributed by atoms with E-state index in [1.165, 1.54) is 25.7 Å². The Hall–Kier alpha value is -0.280. The van der Waals surface area contributed by atoms with Gasteiger partial charge < -0.3 is 10.0 Å². The van der Waals surface area contributed by atoms with Crippen molar-refractivity contribution in [1.82, 2.24) is 4.90 Å². The van der Waals surface area contributed by atoms with E-state index in [-0.39, 0.29) is 0 Å². The third-order valence-electron chi connectivity index (χ3n) is 3.11. The standard InChI is InChI=1S/C11H18ClNO2/c12-10(11(14)15)7-13(5-8-1-2-8)6-9-3-4-9/h8-10H,1-7H2,(H,14,15). The van der Waals surface area contributed by atoms with Crippen LogP contribution in [0.4, 0.5) is 0 Å². The first-order valence-corrected chi connectivity index (χ1v) is 6.18. The summed E-state index contributed by atoms with van der Waals surface area (Å²) in [7, 11) is 0. The summed E-state index contributed by atoms with van der Waals surface area (Å²) in [6.45, 7) is 2.60. The molecule has 4 heteroatoms. The number of carboxylic acids is 1. The van der Waals surface area contributed by atoms with Crippen molar-refractivity contribution in [1.29, 1.82) is 0 Å². The zero-order chi connectivity index (χ0) is 10.8. The van der Waals surface area contributed by atoms with Crippen LogP contribution in [0.1, 0.15) is 25.7 Å². The van der Waals surface area contributed by atoms with Gasteiger partial charge in [0, 0.05) is 19.6 Å². The molecule has 0 aromatic heterocycles. The Balaban J connectivity index is 1.76. The van der Waals surface area contributed by atoms with E-state index in [2.05, 4.69) is 4.90 Å². The Kier molecular flexibility index (Phi) is 3.52. The maximum absolute atomic E-state index is 10.7. The third kappa shape index (κ3) is 3.99. The van der Waals surface area contributed by atoms with Crippen molar-refractivity contribution in [3.63, 3.8) is 0 Å². The molecule has 0 aliphatic heterocycles. The number of hydrogen-bond acceptors (Lipinski definition) is 2. The molecule has 86 valence electrons. The van der Waals surface area contributed by atoms with Gasteiger partial charge in [-0.2, -0.15) is 0 Å². The van der Waals surface area contributed by atoms with Gasteiger partial charge in [-0.3, -0.25) is 4.79 Å². The molecule has 0 aromatic rings. The van der Waals surface area contributed by atoms with Crippen LogP contribution in [-0.2, 0) is 4.79 Å². The molecular weight excluding hydrogens is 214 g/mol. The van der Waals surface area contributed by atoms with E-state index < -0.39 is 11.3 Å². The summed E-state index contributed by atoms with van der Waals surface area (Å²) in [6, 6.07) is 0. The molecule has 1 unspecified atom stereocenters. The molecule has 2 fully saturated rings. The van der Waals surface area contributed by atoms with Crippen LogP contribution in [0, 0.1) is 11.8 Å². The summed E-state index contributed by atoms with van der Waals surface area (Å²) in [5, 5.41) is 8.02. The van der Waals surface area contributed by atoms with E-state index in [1.807, 2.05) is 0 Å². The van der Waals surface area contributed by atoms with Crippen LogP contribution >= 0.6 is 11.6 Å². The monoisotopic (exact) mass is 231 g/mol. The highest BCUT2D eigenvalue weighted by atomic mass is 35.5. The van der Waals surface area contributed by atoms with Crippen LogP contribution in [-0.4, -0.2) is 41.0 Å². The van der Waals surface area contributed by atoms with E-state index in [1.54, 1.807) is 0 Å². The summed E-state index contributed by atoms with van der Waals surface area (Å²) < 4.78 is 0. The Labute approximate surface area is 95.4 Å². The first-order chi connectivity index (χ1) is 7.15. The average molecular weight is 232 g/mol. The van der Waals surface area contributed by atoms with Crippen molar-refractivity contribution < 1.29 is 9.90 Å². The lowest BCUT2D eigenvalue weighted by Gasteiger charge is -2.23. The molecule has 0 amide bonds. The summed E-state index contributed by atoms with van der Waals surface area (Å²) >= 11 is 5.78. The van der Waals surface area contributed by atoms with Gasteiger partial charge in [-0.15, -0.1) is 11.6 Å². The van der Waals surface area contributed by atoms with Crippen molar-refractivity contribution in [2.75, 3.05) is 19.6 Å². The molecule has 2 aliphatic rings. The summed E-state index contributed by atoms with van der Waals surface area (Å²) in [5.74, 6) is 0.719. The first-order valence-electron chi connectivity index (χ1n) is 5.74. The van der Waals surface area contributed by atoms with Gasteiger partial charge in [0.05, 0.1) is 0 Å².